The third kappa shape index (κ3) is 3.75. The number of nitrogens with zero attached hydrogens (tertiary/aromatic N) is 1. The van der Waals surface area contributed by atoms with E-state index < -0.39 is 16.0 Å². The zero-order valence-electron chi connectivity index (χ0n) is 10.4. The Hall–Kier alpha value is -1.45. The van der Waals surface area contributed by atoms with Crippen molar-refractivity contribution in [1.82, 2.24) is 9.62 Å². The summed E-state index contributed by atoms with van der Waals surface area (Å²) in [6.07, 6.45) is 0.0438. The summed E-state index contributed by atoms with van der Waals surface area (Å²) in [6, 6.07) is 1.11. The fourth-order valence-electron chi connectivity index (χ4n) is 1.25. The number of carboxylic acid groups (broad SMARTS) is 1. The molecule has 106 valence electrons. The highest BCUT2D eigenvalue weighted by Crippen LogP contribution is 2.22. The molecule has 1 rings (SSSR count). The highest BCUT2D eigenvalue weighted by atomic mass is 32.2. The van der Waals surface area contributed by atoms with Crippen molar-refractivity contribution in [3.63, 3.8) is 0 Å². The van der Waals surface area contributed by atoms with Crippen molar-refractivity contribution in [3.05, 3.63) is 16.3 Å². The Balaban J connectivity index is 2.84. The quantitative estimate of drug-likeness (QED) is 0.781. The van der Waals surface area contributed by atoms with Gasteiger partial charge in [-0.3, -0.25) is 4.79 Å². The van der Waals surface area contributed by atoms with E-state index in [9.17, 15) is 18.0 Å². The van der Waals surface area contributed by atoms with Crippen LogP contribution in [0.4, 0.5) is 0 Å². The summed E-state index contributed by atoms with van der Waals surface area (Å²) in [7, 11) is -0.944. The lowest BCUT2D eigenvalue weighted by Gasteiger charge is -2.15. The zero-order chi connectivity index (χ0) is 14.6. The molecule has 0 unspecified atom stereocenters. The average Bonchev–Trinajstić information content (AvgIpc) is 2.85. The molecule has 0 spiro atoms. The van der Waals surface area contributed by atoms with E-state index in [1.165, 1.54) is 19.5 Å². The Bertz CT molecular complexity index is 578. The van der Waals surface area contributed by atoms with E-state index in [1.807, 2.05) is 0 Å². The molecule has 19 heavy (non-hydrogen) atoms. The van der Waals surface area contributed by atoms with Gasteiger partial charge in [-0.15, -0.1) is 11.3 Å². The van der Waals surface area contributed by atoms with Crippen molar-refractivity contribution in [2.75, 3.05) is 20.6 Å². The van der Waals surface area contributed by atoms with Crippen LogP contribution in [0, 0.1) is 0 Å². The minimum absolute atomic E-state index is 0.0280. The molecule has 1 heterocycles. The number of aromatic carboxylic acids is 1. The largest absolute Gasteiger partial charge is 0.477 e. The highest BCUT2D eigenvalue weighted by molar-refractivity contribution is 7.89. The smallest absolute Gasteiger partial charge is 0.345 e. The van der Waals surface area contributed by atoms with Gasteiger partial charge >= 0.3 is 5.97 Å². The number of nitrogens with one attached hydrogen (secondary N) is 1. The van der Waals surface area contributed by atoms with Crippen molar-refractivity contribution < 1.29 is 23.1 Å². The highest BCUT2D eigenvalue weighted by Gasteiger charge is 2.23. The molecular formula is C10H14N2O5S2. The summed E-state index contributed by atoms with van der Waals surface area (Å²) < 4.78 is 25.2. The van der Waals surface area contributed by atoms with Crippen LogP contribution in [0.1, 0.15) is 16.1 Å². The van der Waals surface area contributed by atoms with Crippen LogP contribution in [0.15, 0.2) is 16.3 Å². The molecule has 1 aromatic heterocycles. The Labute approximate surface area is 114 Å². The summed E-state index contributed by atoms with van der Waals surface area (Å²) in [6.45, 7) is 0.0280. The normalized spacial score (nSPS) is 11.5. The number of hydrogen-bond donors (Lipinski definition) is 2. The summed E-state index contributed by atoms with van der Waals surface area (Å²) in [5.41, 5.74) is 0. The second kappa shape index (κ2) is 6.13. The first-order valence-electron chi connectivity index (χ1n) is 5.27. The molecule has 0 saturated heterocycles. The van der Waals surface area contributed by atoms with Gasteiger partial charge in [-0.25, -0.2) is 17.5 Å². The maximum absolute atomic E-state index is 12.1. The molecule has 9 heteroatoms. The van der Waals surface area contributed by atoms with Crippen molar-refractivity contribution in [2.45, 2.75) is 11.3 Å². The maximum atomic E-state index is 12.1. The van der Waals surface area contributed by atoms with Gasteiger partial charge in [0, 0.05) is 32.4 Å². The molecule has 0 aliphatic rings. The van der Waals surface area contributed by atoms with Crippen LogP contribution in [0.25, 0.3) is 0 Å². The summed E-state index contributed by atoms with van der Waals surface area (Å²) in [5, 5.41) is 12.4. The molecule has 0 bridgehead atoms. The van der Waals surface area contributed by atoms with Gasteiger partial charge in [-0.1, -0.05) is 0 Å². The molecule has 7 nitrogen and oxygen atoms in total. The van der Waals surface area contributed by atoms with Crippen LogP contribution in [0.5, 0.6) is 0 Å². The number of thiophene rings is 1. The number of carboxylic acids is 1. The van der Waals surface area contributed by atoms with Crippen molar-refractivity contribution in [1.29, 1.82) is 0 Å². The van der Waals surface area contributed by atoms with Crippen LogP contribution in [-0.2, 0) is 14.8 Å². The number of amides is 1. The third-order valence-corrected chi connectivity index (χ3v) is 5.33. The van der Waals surface area contributed by atoms with Crippen LogP contribution >= 0.6 is 11.3 Å². The first-order valence-corrected chi connectivity index (χ1v) is 7.59. The maximum Gasteiger partial charge on any atom is 0.345 e. The number of sulfonamides is 1. The van der Waals surface area contributed by atoms with Gasteiger partial charge in [-0.05, 0) is 6.07 Å². The van der Waals surface area contributed by atoms with Crippen molar-refractivity contribution in [2.24, 2.45) is 0 Å². The number of carbonyl (C=O) groups excluding carboxylic acids is 1. The topological polar surface area (TPSA) is 104 Å². The van der Waals surface area contributed by atoms with Gasteiger partial charge in [0.2, 0.25) is 15.9 Å². The fourth-order valence-corrected chi connectivity index (χ4v) is 3.52. The molecule has 0 aliphatic carbocycles. The molecule has 0 aliphatic heterocycles. The molecule has 1 amide bonds. The van der Waals surface area contributed by atoms with E-state index in [4.69, 9.17) is 5.11 Å². The van der Waals surface area contributed by atoms with E-state index in [0.29, 0.717) is 0 Å². The third-order valence-electron chi connectivity index (χ3n) is 2.43. The predicted octanol–water partition coefficient (Wildman–Crippen LogP) is 0.203. The van der Waals surface area contributed by atoms with Gasteiger partial charge in [0.25, 0.3) is 0 Å². The van der Waals surface area contributed by atoms with E-state index in [1.54, 1.807) is 0 Å². The van der Waals surface area contributed by atoms with Crippen LogP contribution < -0.4 is 5.32 Å². The lowest BCUT2D eigenvalue weighted by molar-refractivity contribution is -0.120. The van der Waals surface area contributed by atoms with Gasteiger partial charge < -0.3 is 10.4 Å². The number of hydrogen-bond acceptors (Lipinski definition) is 5. The van der Waals surface area contributed by atoms with Crippen LogP contribution in [-0.4, -0.2) is 50.3 Å². The van der Waals surface area contributed by atoms with Gasteiger partial charge in [0.1, 0.15) is 4.88 Å². The van der Waals surface area contributed by atoms with E-state index in [2.05, 4.69) is 5.32 Å². The number of carbonyl (C=O) groups is 2. The molecular weight excluding hydrogens is 292 g/mol. The lowest BCUT2D eigenvalue weighted by Crippen LogP contribution is -2.31. The van der Waals surface area contributed by atoms with Crippen LogP contribution in [0.3, 0.4) is 0 Å². The SMILES string of the molecule is CNC(=O)CCN(C)S(=O)(=O)c1csc(C(=O)O)c1. The summed E-state index contributed by atoms with van der Waals surface area (Å²) >= 11 is 0.846. The predicted molar refractivity (Wildman–Crippen MR) is 69.8 cm³/mol. The van der Waals surface area contributed by atoms with E-state index in [-0.39, 0.29) is 28.6 Å². The summed E-state index contributed by atoms with van der Waals surface area (Å²) in [5.74, 6) is -1.43. The van der Waals surface area contributed by atoms with Crippen molar-refractivity contribution >= 4 is 33.2 Å². The van der Waals surface area contributed by atoms with E-state index >= 15 is 0 Å². The molecule has 0 atom stereocenters. The Kier molecular flexibility index (Phi) is 5.04. The van der Waals surface area contributed by atoms with Gasteiger partial charge in [-0.2, -0.15) is 0 Å². The minimum Gasteiger partial charge on any atom is -0.477 e. The minimum atomic E-state index is -3.76. The molecule has 0 aromatic carbocycles. The lowest BCUT2D eigenvalue weighted by atomic mass is 10.4. The molecule has 2 N–H and O–H groups in total. The standard InChI is InChI=1S/C10H14N2O5S2/c1-11-9(13)3-4-12(2)19(16,17)7-5-8(10(14)15)18-6-7/h5-6H,3-4H2,1-2H3,(H,11,13)(H,14,15). The first-order chi connectivity index (χ1) is 8.78. The molecule has 1 aromatic rings. The Morgan fingerprint density at radius 3 is 2.58 bits per heavy atom. The van der Waals surface area contributed by atoms with Crippen LogP contribution in [0.2, 0.25) is 0 Å². The second-order valence-electron chi connectivity index (χ2n) is 3.70. The second-order valence-corrected chi connectivity index (χ2v) is 6.66. The van der Waals surface area contributed by atoms with Crippen molar-refractivity contribution in [3.8, 4) is 0 Å². The monoisotopic (exact) mass is 306 g/mol. The fraction of sp³-hybridized carbons (Fsp3) is 0.400. The van der Waals surface area contributed by atoms with Gasteiger partial charge in [0.05, 0.1) is 4.90 Å². The number of rotatable bonds is 6. The van der Waals surface area contributed by atoms with Gasteiger partial charge in [0.15, 0.2) is 0 Å². The molecule has 0 radical (unpaired) electrons. The molecule has 0 saturated carbocycles. The zero-order valence-corrected chi connectivity index (χ0v) is 12.0. The average molecular weight is 306 g/mol. The summed E-state index contributed by atoms with van der Waals surface area (Å²) in [4.78, 5) is 21.7. The first kappa shape index (κ1) is 15.6. The Morgan fingerprint density at radius 1 is 1.47 bits per heavy atom. The Morgan fingerprint density at radius 2 is 2.11 bits per heavy atom. The van der Waals surface area contributed by atoms with E-state index in [0.717, 1.165) is 21.7 Å². The molecule has 0 fully saturated rings.